The predicted molar refractivity (Wildman–Crippen MR) is 145 cm³/mol. The van der Waals surface area contributed by atoms with E-state index in [-0.39, 0.29) is 0 Å². The lowest BCUT2D eigenvalue weighted by Crippen LogP contribution is -2.76. The zero-order chi connectivity index (χ0) is 22.4. The molecule has 160 valence electrons. The number of allylic oxidation sites excluding steroid dienone is 2. The molecule has 0 radical (unpaired) electrons. The van der Waals surface area contributed by atoms with Crippen LogP contribution >= 0.6 is 0 Å². The van der Waals surface area contributed by atoms with Crippen molar-refractivity contribution in [2.24, 2.45) is 0 Å². The molecule has 0 amide bonds. The lowest BCUT2D eigenvalue weighted by molar-refractivity contribution is 1.29. The molecule has 2 aliphatic rings. The molecule has 0 bridgehead atoms. The summed E-state index contributed by atoms with van der Waals surface area (Å²) < 4.78 is 0. The van der Waals surface area contributed by atoms with E-state index in [1.54, 1.807) is 10.4 Å². The topological polar surface area (TPSA) is 0 Å². The Morgan fingerprint density at radius 2 is 0.939 bits per heavy atom. The SMILES string of the molecule is Cc1ccc([Si](c2ccccc2)(c2ccccc2)c2ccc(C)c3c2CC=C3)c2c1C=CC2. The van der Waals surface area contributed by atoms with E-state index < -0.39 is 8.07 Å². The van der Waals surface area contributed by atoms with Crippen LogP contribution in [0.4, 0.5) is 0 Å². The Labute approximate surface area is 198 Å². The largest absolute Gasteiger partial charge is 0.180 e. The van der Waals surface area contributed by atoms with Gasteiger partial charge in [0.15, 0.2) is 8.07 Å². The first-order valence-electron chi connectivity index (χ1n) is 11.9. The summed E-state index contributed by atoms with van der Waals surface area (Å²) in [6, 6.07) is 32.3. The lowest BCUT2D eigenvalue weighted by atomic mass is 10.0. The first kappa shape index (κ1) is 20.2. The van der Waals surface area contributed by atoms with Crippen LogP contribution in [0.25, 0.3) is 12.2 Å². The van der Waals surface area contributed by atoms with Crippen LogP contribution in [0.3, 0.4) is 0 Å². The summed E-state index contributed by atoms with van der Waals surface area (Å²) in [4.78, 5) is 0. The Morgan fingerprint density at radius 3 is 1.36 bits per heavy atom. The van der Waals surface area contributed by atoms with E-state index in [2.05, 4.69) is 123 Å². The van der Waals surface area contributed by atoms with Crippen LogP contribution in [-0.4, -0.2) is 8.07 Å². The Morgan fingerprint density at radius 1 is 0.515 bits per heavy atom. The van der Waals surface area contributed by atoms with E-state index >= 15 is 0 Å². The quantitative estimate of drug-likeness (QED) is 0.315. The highest BCUT2D eigenvalue weighted by Crippen LogP contribution is 2.28. The summed E-state index contributed by atoms with van der Waals surface area (Å²) in [5.74, 6) is 0. The monoisotopic (exact) mass is 440 g/mol. The van der Waals surface area contributed by atoms with Crippen molar-refractivity contribution >= 4 is 41.0 Å². The Balaban J connectivity index is 1.80. The maximum atomic E-state index is 2.46. The third kappa shape index (κ3) is 2.96. The molecule has 0 heterocycles. The second-order valence-corrected chi connectivity index (χ2v) is 13.1. The van der Waals surface area contributed by atoms with Gasteiger partial charge in [-0.3, -0.25) is 0 Å². The number of hydrogen-bond acceptors (Lipinski definition) is 0. The molecule has 0 atom stereocenters. The van der Waals surface area contributed by atoms with Crippen molar-refractivity contribution in [2.45, 2.75) is 26.7 Å². The number of fused-ring (bicyclic) bond motifs is 2. The molecule has 0 aromatic heterocycles. The van der Waals surface area contributed by atoms with E-state index in [1.165, 1.54) is 43.8 Å². The second-order valence-electron chi connectivity index (χ2n) is 9.34. The van der Waals surface area contributed by atoms with Gasteiger partial charge in [0.25, 0.3) is 0 Å². The number of rotatable bonds is 4. The highest BCUT2D eigenvalue weighted by Gasteiger charge is 2.45. The summed E-state index contributed by atoms with van der Waals surface area (Å²) in [5.41, 5.74) is 8.66. The zero-order valence-electron chi connectivity index (χ0n) is 19.3. The maximum absolute atomic E-state index is 2.54. The van der Waals surface area contributed by atoms with Crippen molar-refractivity contribution < 1.29 is 0 Å². The van der Waals surface area contributed by atoms with Gasteiger partial charge in [-0.25, -0.2) is 0 Å². The minimum Gasteiger partial charge on any atom is -0.0795 e. The van der Waals surface area contributed by atoms with E-state index in [9.17, 15) is 0 Å². The molecule has 4 aromatic carbocycles. The summed E-state index contributed by atoms with van der Waals surface area (Å²) >= 11 is 0. The highest BCUT2D eigenvalue weighted by molar-refractivity contribution is 7.20. The number of benzene rings is 4. The van der Waals surface area contributed by atoms with Crippen LogP contribution in [-0.2, 0) is 12.8 Å². The molecule has 0 fully saturated rings. The standard InChI is InChI=1S/C32H28Si/c1-23-19-21-31(29-17-9-15-27(23)29)33(25-11-5-3-6-12-25,26-13-7-4-8-14-26)32-22-20-24(2)28-16-10-18-30(28)32/h3-16,19-22H,17-18H2,1-2H3. The van der Waals surface area contributed by atoms with Crippen molar-refractivity contribution in [3.8, 4) is 0 Å². The van der Waals surface area contributed by atoms with Gasteiger partial charge in [0.05, 0.1) is 0 Å². The van der Waals surface area contributed by atoms with E-state index in [1.807, 2.05) is 0 Å². The molecule has 0 N–H and O–H groups in total. The molecule has 1 heteroatoms. The highest BCUT2D eigenvalue weighted by atomic mass is 28.3. The minimum absolute atomic E-state index is 1.02. The van der Waals surface area contributed by atoms with Gasteiger partial charge < -0.3 is 0 Å². The van der Waals surface area contributed by atoms with Crippen LogP contribution in [0.2, 0.25) is 0 Å². The fourth-order valence-electron chi connectivity index (χ4n) is 6.07. The first-order chi connectivity index (χ1) is 16.2. The molecule has 0 saturated heterocycles. The van der Waals surface area contributed by atoms with Crippen molar-refractivity contribution in [3.63, 3.8) is 0 Å². The predicted octanol–water partition coefficient (Wildman–Crippen LogP) is 4.82. The molecular weight excluding hydrogens is 412 g/mol. The summed E-state index contributed by atoms with van der Waals surface area (Å²) in [6.07, 6.45) is 11.4. The van der Waals surface area contributed by atoms with Gasteiger partial charge in [0.1, 0.15) is 0 Å². The van der Waals surface area contributed by atoms with Gasteiger partial charge in [-0.1, -0.05) is 109 Å². The number of aryl methyl sites for hydroxylation is 2. The molecule has 0 nitrogen and oxygen atoms in total. The van der Waals surface area contributed by atoms with Crippen molar-refractivity contribution in [3.05, 3.63) is 130 Å². The van der Waals surface area contributed by atoms with Crippen LogP contribution in [0.1, 0.15) is 33.4 Å². The lowest BCUT2D eigenvalue weighted by Gasteiger charge is -2.38. The van der Waals surface area contributed by atoms with Crippen molar-refractivity contribution in [1.82, 2.24) is 0 Å². The van der Waals surface area contributed by atoms with Gasteiger partial charge in [0, 0.05) is 0 Å². The van der Waals surface area contributed by atoms with E-state index in [4.69, 9.17) is 0 Å². The van der Waals surface area contributed by atoms with Crippen LogP contribution in [0, 0.1) is 13.8 Å². The van der Waals surface area contributed by atoms with Crippen LogP contribution < -0.4 is 20.7 Å². The van der Waals surface area contributed by atoms with Gasteiger partial charge in [-0.05, 0) is 80.8 Å². The normalized spacial score (nSPS) is 13.9. The molecule has 0 unspecified atom stereocenters. The molecule has 0 aliphatic heterocycles. The zero-order valence-corrected chi connectivity index (χ0v) is 20.3. The summed E-state index contributed by atoms with van der Waals surface area (Å²) in [6.45, 7) is 4.50. The number of hydrogen-bond donors (Lipinski definition) is 0. The van der Waals surface area contributed by atoms with E-state index in [0.717, 1.165) is 12.8 Å². The Hall–Kier alpha value is -3.42. The summed E-state index contributed by atoms with van der Waals surface area (Å²) in [5, 5.41) is 6.02. The van der Waals surface area contributed by atoms with Crippen LogP contribution in [0.5, 0.6) is 0 Å². The van der Waals surface area contributed by atoms with Gasteiger partial charge in [0.2, 0.25) is 0 Å². The first-order valence-corrected chi connectivity index (χ1v) is 13.9. The smallest absolute Gasteiger partial charge is 0.0795 e. The van der Waals surface area contributed by atoms with Crippen molar-refractivity contribution in [1.29, 1.82) is 0 Å². The fourth-order valence-corrected chi connectivity index (χ4v) is 11.4. The molecule has 0 spiro atoms. The van der Waals surface area contributed by atoms with Crippen LogP contribution in [0.15, 0.2) is 97.1 Å². The Bertz CT molecular complexity index is 1300. The van der Waals surface area contributed by atoms with Gasteiger partial charge >= 0.3 is 0 Å². The fraction of sp³-hybridized carbons (Fsp3) is 0.125. The Kier molecular flexibility index (Phi) is 4.81. The average Bonchev–Trinajstić information content (AvgIpc) is 3.55. The molecule has 0 saturated carbocycles. The maximum Gasteiger partial charge on any atom is 0.180 e. The molecule has 6 rings (SSSR count). The molecule has 4 aromatic rings. The third-order valence-corrected chi connectivity index (χ3v) is 12.5. The van der Waals surface area contributed by atoms with Gasteiger partial charge in [-0.15, -0.1) is 0 Å². The third-order valence-electron chi connectivity index (χ3n) is 7.58. The molecule has 33 heavy (non-hydrogen) atoms. The molecule has 2 aliphatic carbocycles. The second kappa shape index (κ2) is 7.86. The van der Waals surface area contributed by atoms with Gasteiger partial charge in [-0.2, -0.15) is 0 Å². The minimum atomic E-state index is -2.54. The average molecular weight is 441 g/mol. The van der Waals surface area contributed by atoms with E-state index in [0.29, 0.717) is 0 Å². The summed E-state index contributed by atoms with van der Waals surface area (Å²) in [7, 11) is -2.54. The van der Waals surface area contributed by atoms with Crippen molar-refractivity contribution in [2.75, 3.05) is 0 Å². The molecular formula is C32H28Si.